The number of hydrogen-bond donors (Lipinski definition) is 1. The fraction of sp³-hybridized carbons (Fsp3) is 0.125. The first-order valence-corrected chi connectivity index (χ1v) is 9.79. The average Bonchev–Trinajstić information content (AvgIpc) is 3.14. The van der Waals surface area contributed by atoms with Crippen LogP contribution in [-0.4, -0.2) is 22.8 Å². The van der Waals surface area contributed by atoms with Crippen LogP contribution in [0.4, 0.5) is 5.69 Å². The van der Waals surface area contributed by atoms with E-state index in [0.717, 1.165) is 16.4 Å². The predicted octanol–water partition coefficient (Wildman–Crippen LogP) is 4.02. The van der Waals surface area contributed by atoms with Crippen LogP contribution < -0.4 is 15.6 Å². The van der Waals surface area contributed by atoms with Gasteiger partial charge in [-0.05, 0) is 18.2 Å². The van der Waals surface area contributed by atoms with Crippen LogP contribution in [0.3, 0.4) is 0 Å². The molecule has 5 rings (SSSR count). The molecule has 0 fully saturated rings. The zero-order valence-electron chi connectivity index (χ0n) is 17.0. The van der Waals surface area contributed by atoms with Gasteiger partial charge in [0.15, 0.2) is 0 Å². The second kappa shape index (κ2) is 7.28. The van der Waals surface area contributed by atoms with Crippen LogP contribution in [0.15, 0.2) is 69.9 Å². The average molecular weight is 413 g/mol. The third-order valence-corrected chi connectivity index (χ3v) is 5.33. The molecule has 1 amide bonds. The third kappa shape index (κ3) is 3.20. The predicted molar refractivity (Wildman–Crippen MR) is 120 cm³/mol. The summed E-state index contributed by atoms with van der Waals surface area (Å²) >= 11 is 0. The maximum Gasteiger partial charge on any atom is 0.274 e. The Morgan fingerprint density at radius 3 is 2.48 bits per heavy atom. The second-order valence-electron chi connectivity index (χ2n) is 7.29. The molecule has 0 radical (unpaired) electrons. The second-order valence-corrected chi connectivity index (χ2v) is 7.29. The number of hydrogen-bond acceptors (Lipinski definition) is 5. The van der Waals surface area contributed by atoms with E-state index in [1.54, 1.807) is 38.4 Å². The summed E-state index contributed by atoms with van der Waals surface area (Å²) < 4.78 is 12.7. The number of nitrogens with one attached hydrogen (secondary N) is 1. The summed E-state index contributed by atoms with van der Waals surface area (Å²) in [5.74, 6) is 0.260. The van der Waals surface area contributed by atoms with E-state index < -0.39 is 0 Å². The molecule has 0 aliphatic rings. The maximum atomic E-state index is 12.9. The molecule has 3 aromatic carbocycles. The number of aromatic nitrogens is 2. The molecule has 0 aliphatic heterocycles. The molecule has 0 bridgehead atoms. The number of amides is 1. The Bertz CT molecular complexity index is 1530. The number of aryl methyl sites for hydroxylation is 1. The summed E-state index contributed by atoms with van der Waals surface area (Å²) in [6, 6.07) is 18.5. The number of anilines is 1. The number of benzene rings is 3. The van der Waals surface area contributed by atoms with Gasteiger partial charge in [-0.25, -0.2) is 4.68 Å². The first-order valence-electron chi connectivity index (χ1n) is 9.79. The minimum Gasteiger partial charge on any atom is -0.495 e. The van der Waals surface area contributed by atoms with Gasteiger partial charge in [-0.1, -0.05) is 36.4 Å². The van der Waals surface area contributed by atoms with Crippen LogP contribution in [0.2, 0.25) is 0 Å². The van der Waals surface area contributed by atoms with Crippen molar-refractivity contribution >= 4 is 44.3 Å². The molecule has 0 saturated heterocycles. The lowest BCUT2D eigenvalue weighted by molar-refractivity contribution is -0.115. The van der Waals surface area contributed by atoms with Gasteiger partial charge >= 0.3 is 0 Å². The molecule has 2 aromatic heterocycles. The SMILES string of the molecule is COc1cc2c(cc1NC(=O)Cc1nn(C)c(=O)c3ccccc13)oc1ccccc12. The first-order chi connectivity index (χ1) is 15.0. The summed E-state index contributed by atoms with van der Waals surface area (Å²) in [6.45, 7) is 0. The lowest BCUT2D eigenvalue weighted by atomic mass is 10.1. The van der Waals surface area contributed by atoms with Crippen LogP contribution in [0, 0.1) is 0 Å². The molecule has 0 spiro atoms. The standard InChI is InChI=1S/C24H19N3O4/c1-27-24(29)16-9-4-3-7-14(16)18(26-27)13-23(28)25-19-12-21-17(11-22(19)30-2)15-8-5-6-10-20(15)31-21/h3-12H,13H2,1-2H3,(H,25,28). The monoisotopic (exact) mass is 413 g/mol. The number of fused-ring (bicyclic) bond motifs is 4. The van der Waals surface area contributed by atoms with E-state index in [-0.39, 0.29) is 17.9 Å². The number of carbonyl (C=O) groups excluding carboxylic acids is 1. The highest BCUT2D eigenvalue weighted by Crippen LogP contribution is 2.36. The van der Waals surface area contributed by atoms with Gasteiger partial charge in [0.2, 0.25) is 5.91 Å². The summed E-state index contributed by atoms with van der Waals surface area (Å²) in [5.41, 5.74) is 2.26. The minimum absolute atomic E-state index is 0.00988. The fourth-order valence-corrected chi connectivity index (χ4v) is 3.87. The Kier molecular flexibility index (Phi) is 4.43. The lowest BCUT2D eigenvalue weighted by Gasteiger charge is -2.11. The molecule has 0 atom stereocenters. The van der Waals surface area contributed by atoms with Gasteiger partial charge in [-0.3, -0.25) is 9.59 Å². The number of para-hydroxylation sites is 1. The number of carbonyl (C=O) groups is 1. The summed E-state index contributed by atoms with van der Waals surface area (Å²) in [7, 11) is 3.13. The molecule has 2 heterocycles. The fourth-order valence-electron chi connectivity index (χ4n) is 3.87. The third-order valence-electron chi connectivity index (χ3n) is 5.33. The van der Waals surface area contributed by atoms with Gasteiger partial charge in [0.25, 0.3) is 5.56 Å². The molecule has 1 N–H and O–H groups in total. The zero-order valence-corrected chi connectivity index (χ0v) is 17.0. The van der Waals surface area contributed by atoms with E-state index in [1.807, 2.05) is 36.4 Å². The molecule has 31 heavy (non-hydrogen) atoms. The van der Waals surface area contributed by atoms with Gasteiger partial charge in [0.1, 0.15) is 16.9 Å². The van der Waals surface area contributed by atoms with Crippen molar-refractivity contribution in [2.75, 3.05) is 12.4 Å². The molecular weight excluding hydrogens is 394 g/mol. The van der Waals surface area contributed by atoms with Crippen molar-refractivity contribution in [3.05, 3.63) is 76.7 Å². The van der Waals surface area contributed by atoms with E-state index in [4.69, 9.17) is 9.15 Å². The van der Waals surface area contributed by atoms with Crippen LogP contribution in [-0.2, 0) is 18.3 Å². The van der Waals surface area contributed by atoms with E-state index >= 15 is 0 Å². The van der Waals surface area contributed by atoms with Gasteiger partial charge in [-0.2, -0.15) is 5.10 Å². The quantitative estimate of drug-likeness (QED) is 0.481. The van der Waals surface area contributed by atoms with Crippen molar-refractivity contribution in [2.24, 2.45) is 7.05 Å². The van der Waals surface area contributed by atoms with Gasteiger partial charge in [-0.15, -0.1) is 0 Å². The van der Waals surface area contributed by atoms with Crippen molar-refractivity contribution in [3.63, 3.8) is 0 Å². The molecule has 0 aliphatic carbocycles. The molecule has 0 unspecified atom stereocenters. The maximum absolute atomic E-state index is 12.9. The topological polar surface area (TPSA) is 86.4 Å². The van der Waals surface area contributed by atoms with E-state index in [0.29, 0.717) is 33.5 Å². The largest absolute Gasteiger partial charge is 0.495 e. The van der Waals surface area contributed by atoms with Crippen LogP contribution in [0.1, 0.15) is 5.69 Å². The summed E-state index contributed by atoms with van der Waals surface area (Å²) in [4.78, 5) is 25.2. The minimum atomic E-state index is -0.273. The highest BCUT2D eigenvalue weighted by Gasteiger charge is 2.16. The summed E-state index contributed by atoms with van der Waals surface area (Å²) in [6.07, 6.45) is 0.00988. The molecule has 0 saturated carbocycles. The number of methoxy groups -OCH3 is 1. The lowest BCUT2D eigenvalue weighted by Crippen LogP contribution is -2.24. The van der Waals surface area contributed by atoms with Crippen molar-refractivity contribution < 1.29 is 13.9 Å². The Balaban J connectivity index is 1.51. The number of furan rings is 1. The molecule has 154 valence electrons. The first kappa shape index (κ1) is 18.9. The summed E-state index contributed by atoms with van der Waals surface area (Å²) in [5, 5.41) is 10.3. The van der Waals surface area contributed by atoms with E-state index in [9.17, 15) is 9.59 Å². The number of nitrogens with zero attached hydrogens (tertiary/aromatic N) is 2. The van der Waals surface area contributed by atoms with Gasteiger partial charge in [0.05, 0.1) is 30.3 Å². The molecule has 7 heteroatoms. The number of rotatable bonds is 4. The van der Waals surface area contributed by atoms with Crippen LogP contribution in [0.25, 0.3) is 32.7 Å². The Morgan fingerprint density at radius 1 is 1.00 bits per heavy atom. The van der Waals surface area contributed by atoms with Crippen molar-refractivity contribution in [1.29, 1.82) is 0 Å². The zero-order chi connectivity index (χ0) is 21.5. The Labute approximate surface area is 176 Å². The van der Waals surface area contributed by atoms with Crippen molar-refractivity contribution in [3.8, 4) is 5.75 Å². The van der Waals surface area contributed by atoms with E-state index in [1.165, 1.54) is 4.68 Å². The normalized spacial score (nSPS) is 11.3. The smallest absolute Gasteiger partial charge is 0.274 e. The Morgan fingerprint density at radius 2 is 1.71 bits per heavy atom. The van der Waals surface area contributed by atoms with Gasteiger partial charge < -0.3 is 14.5 Å². The van der Waals surface area contributed by atoms with Gasteiger partial charge in [0, 0.05) is 29.3 Å². The van der Waals surface area contributed by atoms with Crippen LogP contribution >= 0.6 is 0 Å². The van der Waals surface area contributed by atoms with Crippen LogP contribution in [0.5, 0.6) is 5.75 Å². The molecule has 5 aromatic rings. The molecular formula is C24H19N3O4. The molecule has 7 nitrogen and oxygen atoms in total. The highest BCUT2D eigenvalue weighted by atomic mass is 16.5. The van der Waals surface area contributed by atoms with E-state index in [2.05, 4.69) is 10.4 Å². The van der Waals surface area contributed by atoms with Crippen molar-refractivity contribution in [1.82, 2.24) is 9.78 Å². The van der Waals surface area contributed by atoms with Crippen molar-refractivity contribution in [2.45, 2.75) is 6.42 Å². The highest BCUT2D eigenvalue weighted by molar-refractivity contribution is 6.08. The number of ether oxygens (including phenoxy) is 1. The Hall–Kier alpha value is -4.13.